The van der Waals surface area contributed by atoms with E-state index in [0.717, 1.165) is 4.47 Å². The Kier molecular flexibility index (Phi) is 4.98. The topological polar surface area (TPSA) is 83.6 Å². The van der Waals surface area contributed by atoms with E-state index in [1.165, 1.54) is 6.07 Å². The summed E-state index contributed by atoms with van der Waals surface area (Å²) in [5.41, 5.74) is 0. The molecule has 9 heteroatoms. The number of hydrogen-bond acceptors (Lipinski definition) is 4. The van der Waals surface area contributed by atoms with Gasteiger partial charge in [0, 0.05) is 9.86 Å². The zero-order valence-corrected chi connectivity index (χ0v) is 15.9. The summed E-state index contributed by atoms with van der Waals surface area (Å²) in [5.74, 6) is -0.634. The summed E-state index contributed by atoms with van der Waals surface area (Å²) in [7, 11) is -4.08. The van der Waals surface area contributed by atoms with Crippen LogP contribution in [0.3, 0.4) is 0 Å². The number of sulfonamides is 1. The van der Waals surface area contributed by atoms with Gasteiger partial charge in [0.1, 0.15) is 6.54 Å². The van der Waals surface area contributed by atoms with E-state index in [9.17, 15) is 18.0 Å². The van der Waals surface area contributed by atoms with Gasteiger partial charge in [-0.3, -0.25) is 10.1 Å². The molecule has 0 bridgehead atoms. The number of carbonyl (C=O) groups is 2. The number of urea groups is 1. The second-order valence-electron chi connectivity index (χ2n) is 4.46. The molecule has 108 valence electrons. The second-order valence-corrected chi connectivity index (χ2v) is 7.14. The number of carbonyl (C=O) groups excluding carboxylic acids is 2. The predicted molar refractivity (Wildman–Crippen MR) is 79.1 cm³/mol. The van der Waals surface area contributed by atoms with Gasteiger partial charge in [0.2, 0.25) is 5.91 Å². The van der Waals surface area contributed by atoms with Crippen LogP contribution in [0.5, 0.6) is 0 Å². The van der Waals surface area contributed by atoms with E-state index in [1.54, 1.807) is 30.3 Å². The molecule has 0 saturated carbocycles. The SMILES string of the molecule is O=C1CN(S(=O)(=O)c2cccc3c(Br)cccc23)C(=O)N1.[Na+]. The first kappa shape index (κ1) is 17.4. The Morgan fingerprint density at radius 3 is 2.32 bits per heavy atom. The number of halogens is 1. The standard InChI is InChI=1S/C13H9BrN2O4S.Na/c14-10-5-1-4-9-8(10)3-2-6-11(9)21(19,20)16-7-12(17)15-13(16)18;/h1-6H,7H2,(H,15,17,18);/q;+1. The van der Waals surface area contributed by atoms with E-state index in [2.05, 4.69) is 15.9 Å². The molecule has 0 unspecified atom stereocenters. The Morgan fingerprint density at radius 2 is 1.68 bits per heavy atom. The van der Waals surface area contributed by atoms with E-state index < -0.39 is 28.5 Å². The Hall–Kier alpha value is -0.930. The molecule has 22 heavy (non-hydrogen) atoms. The molecule has 0 radical (unpaired) electrons. The van der Waals surface area contributed by atoms with E-state index in [0.29, 0.717) is 15.1 Å². The minimum Gasteiger partial charge on any atom is -0.275 e. The maximum Gasteiger partial charge on any atom is 1.00 e. The minimum atomic E-state index is -4.08. The molecule has 1 N–H and O–H groups in total. The molecule has 1 aliphatic rings. The van der Waals surface area contributed by atoms with Crippen molar-refractivity contribution in [1.82, 2.24) is 9.62 Å². The van der Waals surface area contributed by atoms with Crippen molar-refractivity contribution in [3.63, 3.8) is 0 Å². The van der Waals surface area contributed by atoms with Crippen LogP contribution in [0, 0.1) is 0 Å². The van der Waals surface area contributed by atoms with E-state index in [4.69, 9.17) is 0 Å². The second kappa shape index (κ2) is 6.29. The van der Waals surface area contributed by atoms with E-state index in [1.807, 2.05) is 5.32 Å². The maximum atomic E-state index is 12.6. The average Bonchev–Trinajstić information content (AvgIpc) is 2.78. The first-order chi connectivity index (χ1) is 9.91. The summed E-state index contributed by atoms with van der Waals surface area (Å²) in [6.07, 6.45) is 0. The normalized spacial score (nSPS) is 14.9. The van der Waals surface area contributed by atoms with Crippen LogP contribution in [0.15, 0.2) is 45.8 Å². The molecule has 1 heterocycles. The number of benzene rings is 2. The molecule has 6 nitrogen and oxygen atoms in total. The Morgan fingerprint density at radius 1 is 1.05 bits per heavy atom. The third-order valence-electron chi connectivity index (χ3n) is 3.16. The predicted octanol–water partition coefficient (Wildman–Crippen LogP) is -1.15. The van der Waals surface area contributed by atoms with Gasteiger partial charge >= 0.3 is 35.6 Å². The van der Waals surface area contributed by atoms with Crippen LogP contribution >= 0.6 is 15.9 Å². The Bertz CT molecular complexity index is 885. The molecular formula is C13H9BrN2NaO4S+. The molecule has 1 fully saturated rings. The van der Waals surface area contributed by atoms with Gasteiger partial charge in [0.25, 0.3) is 10.0 Å². The van der Waals surface area contributed by atoms with Gasteiger partial charge < -0.3 is 0 Å². The van der Waals surface area contributed by atoms with Crippen LogP contribution in [0.4, 0.5) is 4.79 Å². The molecule has 0 aliphatic carbocycles. The van der Waals surface area contributed by atoms with Crippen LogP contribution in [-0.4, -0.2) is 31.2 Å². The molecule has 2 aromatic rings. The quantitative estimate of drug-likeness (QED) is 0.517. The van der Waals surface area contributed by atoms with Crippen LogP contribution in [0.25, 0.3) is 10.8 Å². The smallest absolute Gasteiger partial charge is 0.275 e. The Labute approximate surface area is 157 Å². The van der Waals surface area contributed by atoms with Gasteiger partial charge in [-0.15, -0.1) is 0 Å². The van der Waals surface area contributed by atoms with Gasteiger partial charge in [-0.1, -0.05) is 40.2 Å². The number of nitrogens with zero attached hydrogens (tertiary/aromatic N) is 1. The van der Waals surface area contributed by atoms with Crippen molar-refractivity contribution < 1.29 is 47.6 Å². The molecular weight excluding hydrogens is 383 g/mol. The fourth-order valence-corrected chi connectivity index (χ4v) is 4.20. The van der Waals surface area contributed by atoms with Crippen molar-refractivity contribution in [3.8, 4) is 0 Å². The molecule has 3 rings (SSSR count). The van der Waals surface area contributed by atoms with Gasteiger partial charge in [-0.2, -0.15) is 0 Å². The maximum absolute atomic E-state index is 12.6. The number of fused-ring (bicyclic) bond motifs is 1. The van der Waals surface area contributed by atoms with Crippen molar-refractivity contribution >= 4 is 48.7 Å². The molecule has 1 saturated heterocycles. The van der Waals surface area contributed by atoms with Crippen molar-refractivity contribution in [2.24, 2.45) is 0 Å². The molecule has 0 aromatic heterocycles. The van der Waals surface area contributed by atoms with E-state index in [-0.39, 0.29) is 34.5 Å². The largest absolute Gasteiger partial charge is 1.00 e. The summed E-state index contributed by atoms with van der Waals surface area (Å²) in [5, 5.41) is 3.16. The third kappa shape index (κ3) is 2.81. The first-order valence-corrected chi connectivity index (χ1v) is 8.18. The fourth-order valence-electron chi connectivity index (χ4n) is 2.20. The average molecular weight is 392 g/mol. The van der Waals surface area contributed by atoms with Crippen LogP contribution in [0.1, 0.15) is 0 Å². The number of amides is 3. The molecule has 0 spiro atoms. The van der Waals surface area contributed by atoms with Crippen molar-refractivity contribution in [3.05, 3.63) is 40.9 Å². The number of hydrogen-bond donors (Lipinski definition) is 1. The van der Waals surface area contributed by atoms with Gasteiger partial charge in [-0.25, -0.2) is 17.5 Å². The number of rotatable bonds is 2. The van der Waals surface area contributed by atoms with Crippen LogP contribution in [-0.2, 0) is 14.8 Å². The molecule has 0 atom stereocenters. The van der Waals surface area contributed by atoms with E-state index >= 15 is 0 Å². The van der Waals surface area contributed by atoms with Gasteiger partial charge in [0.05, 0.1) is 4.90 Å². The number of nitrogens with one attached hydrogen (secondary N) is 1. The van der Waals surface area contributed by atoms with Crippen molar-refractivity contribution in [1.29, 1.82) is 0 Å². The molecule has 1 aliphatic heterocycles. The summed E-state index contributed by atoms with van der Waals surface area (Å²) in [4.78, 5) is 22.8. The number of imide groups is 1. The fraction of sp³-hybridized carbons (Fsp3) is 0.0769. The van der Waals surface area contributed by atoms with Crippen LogP contribution < -0.4 is 34.9 Å². The first-order valence-electron chi connectivity index (χ1n) is 5.95. The Balaban J connectivity index is 0.00000176. The summed E-state index contributed by atoms with van der Waals surface area (Å²) in [6, 6.07) is 9.02. The summed E-state index contributed by atoms with van der Waals surface area (Å²) < 4.78 is 26.5. The molecule has 2 aromatic carbocycles. The monoisotopic (exact) mass is 391 g/mol. The van der Waals surface area contributed by atoms with Crippen LogP contribution in [0.2, 0.25) is 0 Å². The van der Waals surface area contributed by atoms with Crippen molar-refractivity contribution in [2.75, 3.05) is 6.54 Å². The van der Waals surface area contributed by atoms with Gasteiger partial charge in [0.15, 0.2) is 0 Å². The molecule has 3 amide bonds. The van der Waals surface area contributed by atoms with Gasteiger partial charge in [-0.05, 0) is 17.5 Å². The summed E-state index contributed by atoms with van der Waals surface area (Å²) in [6.45, 7) is -0.494. The zero-order chi connectivity index (χ0) is 15.2. The zero-order valence-electron chi connectivity index (χ0n) is 11.5. The third-order valence-corrected chi connectivity index (χ3v) is 5.64. The van der Waals surface area contributed by atoms with Crippen molar-refractivity contribution in [2.45, 2.75) is 4.90 Å². The minimum absolute atomic E-state index is 0. The summed E-state index contributed by atoms with van der Waals surface area (Å²) >= 11 is 3.36.